The van der Waals surface area contributed by atoms with E-state index >= 15 is 0 Å². The fraction of sp³-hybridized carbons (Fsp3) is 0.741. The third-order valence-corrected chi connectivity index (χ3v) is 6.26. The Morgan fingerprint density at radius 3 is 1.83 bits per heavy atom. The van der Waals surface area contributed by atoms with Crippen molar-refractivity contribution >= 4 is 5.97 Å². The van der Waals surface area contributed by atoms with Crippen LogP contribution >= 0.6 is 0 Å². The number of hydrogen-bond acceptors (Lipinski definition) is 2. The quantitative estimate of drug-likeness (QED) is 0.271. The normalized spacial score (nSPS) is 14.4. The predicted octanol–water partition coefficient (Wildman–Crippen LogP) is 6.11. The number of unbranched alkanes of at least 4 members (excludes halogenated alkanes) is 9. The van der Waals surface area contributed by atoms with Gasteiger partial charge in [-0.25, -0.2) is 0 Å². The van der Waals surface area contributed by atoms with Crippen molar-refractivity contribution in [1.29, 1.82) is 0 Å². The van der Waals surface area contributed by atoms with Crippen LogP contribution in [0, 0.1) is 5.92 Å². The summed E-state index contributed by atoms with van der Waals surface area (Å²) in [5.41, 5.74) is 1.46. The SMILES string of the molecule is CCCCCCCCCCCC[N+](C)(C)Cc1ccccc1.O=C([O-])C1CCCC1. The van der Waals surface area contributed by atoms with E-state index < -0.39 is 5.97 Å². The van der Waals surface area contributed by atoms with Gasteiger partial charge in [-0.1, -0.05) is 101 Å². The zero-order valence-corrected chi connectivity index (χ0v) is 20.0. The molecule has 0 bridgehead atoms. The zero-order chi connectivity index (χ0) is 22.1. The number of carbonyl (C=O) groups excluding carboxylic acids is 1. The molecule has 1 aliphatic rings. The highest BCUT2D eigenvalue weighted by Crippen LogP contribution is 2.23. The molecule has 0 amide bonds. The van der Waals surface area contributed by atoms with Gasteiger partial charge in [0.1, 0.15) is 6.54 Å². The molecule has 1 aromatic rings. The van der Waals surface area contributed by atoms with Gasteiger partial charge in [-0.05, 0) is 31.6 Å². The third-order valence-electron chi connectivity index (χ3n) is 6.26. The minimum absolute atomic E-state index is 0.130. The predicted molar refractivity (Wildman–Crippen MR) is 126 cm³/mol. The summed E-state index contributed by atoms with van der Waals surface area (Å²) in [6.07, 6.45) is 18.0. The lowest BCUT2D eigenvalue weighted by Crippen LogP contribution is -2.39. The fourth-order valence-electron chi connectivity index (χ4n) is 4.35. The molecule has 0 saturated heterocycles. The lowest BCUT2D eigenvalue weighted by molar-refractivity contribution is -0.903. The highest BCUT2D eigenvalue weighted by molar-refractivity contribution is 5.67. The Morgan fingerprint density at radius 1 is 0.867 bits per heavy atom. The van der Waals surface area contributed by atoms with Crippen LogP contribution in [-0.4, -0.2) is 31.1 Å². The summed E-state index contributed by atoms with van der Waals surface area (Å²) in [7, 11) is 4.72. The number of aliphatic carboxylic acids is 1. The van der Waals surface area contributed by atoms with Gasteiger partial charge >= 0.3 is 0 Å². The average molecular weight is 418 g/mol. The molecule has 30 heavy (non-hydrogen) atoms. The first-order valence-corrected chi connectivity index (χ1v) is 12.5. The van der Waals surface area contributed by atoms with E-state index in [1.807, 2.05) is 0 Å². The standard InChI is InChI=1S/C21H38N.C6H10O2/c1-4-5-6-7-8-9-10-11-12-16-19-22(2,3)20-21-17-14-13-15-18-21;7-6(8)5-3-1-2-4-5/h13-15,17-18H,4-12,16,19-20H2,1-3H3;5H,1-4H2,(H,7,8)/q+1;/p-1. The first-order valence-electron chi connectivity index (χ1n) is 12.5. The van der Waals surface area contributed by atoms with Crippen LogP contribution in [0.5, 0.6) is 0 Å². The van der Waals surface area contributed by atoms with E-state index in [0.717, 1.165) is 36.7 Å². The molecule has 0 radical (unpaired) electrons. The van der Waals surface area contributed by atoms with Crippen LogP contribution in [0.25, 0.3) is 0 Å². The summed E-state index contributed by atoms with van der Waals surface area (Å²) < 4.78 is 1.11. The Morgan fingerprint density at radius 2 is 1.37 bits per heavy atom. The number of carboxylic acid groups (broad SMARTS) is 1. The van der Waals surface area contributed by atoms with Crippen molar-refractivity contribution in [3.63, 3.8) is 0 Å². The maximum Gasteiger partial charge on any atom is 0.104 e. The summed E-state index contributed by atoms with van der Waals surface area (Å²) in [4.78, 5) is 10.1. The second kappa shape index (κ2) is 16.4. The van der Waals surface area contributed by atoms with Gasteiger partial charge in [0.25, 0.3) is 0 Å². The molecule has 0 unspecified atom stereocenters. The van der Waals surface area contributed by atoms with Gasteiger partial charge in [0.15, 0.2) is 0 Å². The summed E-state index contributed by atoms with van der Waals surface area (Å²) in [5.74, 6) is -0.988. The van der Waals surface area contributed by atoms with E-state index in [-0.39, 0.29) is 5.92 Å². The van der Waals surface area contributed by atoms with E-state index in [1.54, 1.807) is 0 Å². The minimum Gasteiger partial charge on any atom is -0.550 e. The molecule has 2 rings (SSSR count). The van der Waals surface area contributed by atoms with Gasteiger partial charge in [-0.2, -0.15) is 0 Å². The maximum atomic E-state index is 10.1. The average Bonchev–Trinajstić information content (AvgIpc) is 3.26. The Balaban J connectivity index is 0.000000467. The molecule has 0 aromatic heterocycles. The molecular weight excluding hydrogens is 370 g/mol. The van der Waals surface area contributed by atoms with Crippen LogP contribution in [0.15, 0.2) is 30.3 Å². The number of nitrogens with zero attached hydrogens (tertiary/aromatic N) is 1. The highest BCUT2D eigenvalue weighted by Gasteiger charge is 2.15. The molecule has 0 heterocycles. The van der Waals surface area contributed by atoms with E-state index in [2.05, 4.69) is 51.4 Å². The topological polar surface area (TPSA) is 40.1 Å². The van der Waals surface area contributed by atoms with Crippen LogP contribution < -0.4 is 5.11 Å². The Kier molecular flexibility index (Phi) is 14.5. The largest absolute Gasteiger partial charge is 0.550 e. The van der Waals surface area contributed by atoms with Crippen molar-refractivity contribution in [3.8, 4) is 0 Å². The Hall–Kier alpha value is -1.35. The monoisotopic (exact) mass is 417 g/mol. The number of carboxylic acids is 1. The lowest BCUT2D eigenvalue weighted by Gasteiger charge is -2.30. The van der Waals surface area contributed by atoms with Crippen molar-refractivity contribution in [2.24, 2.45) is 5.92 Å². The van der Waals surface area contributed by atoms with Gasteiger partial charge < -0.3 is 14.4 Å². The molecule has 3 heteroatoms. The lowest BCUT2D eigenvalue weighted by atomic mass is 10.1. The summed E-state index contributed by atoms with van der Waals surface area (Å²) >= 11 is 0. The number of quaternary nitrogens is 1. The third kappa shape index (κ3) is 13.8. The van der Waals surface area contributed by atoms with E-state index in [9.17, 15) is 9.90 Å². The minimum atomic E-state index is -0.859. The highest BCUT2D eigenvalue weighted by atomic mass is 16.4. The summed E-state index contributed by atoms with van der Waals surface area (Å²) in [6.45, 7) is 4.74. The number of benzene rings is 1. The summed E-state index contributed by atoms with van der Waals surface area (Å²) in [5, 5.41) is 10.1. The van der Waals surface area contributed by atoms with Gasteiger partial charge in [0, 0.05) is 11.5 Å². The molecule has 172 valence electrons. The fourth-order valence-corrected chi connectivity index (χ4v) is 4.35. The molecular formula is C27H47NO2. The second-order valence-electron chi connectivity index (χ2n) is 9.79. The molecule has 1 fully saturated rings. The van der Waals surface area contributed by atoms with Crippen molar-refractivity contribution in [2.75, 3.05) is 20.6 Å². The van der Waals surface area contributed by atoms with Crippen LogP contribution in [0.2, 0.25) is 0 Å². The van der Waals surface area contributed by atoms with E-state index in [0.29, 0.717) is 0 Å². The van der Waals surface area contributed by atoms with Crippen molar-refractivity contribution in [3.05, 3.63) is 35.9 Å². The molecule has 1 aromatic carbocycles. The molecule has 1 aliphatic carbocycles. The smallest absolute Gasteiger partial charge is 0.104 e. The van der Waals surface area contributed by atoms with Gasteiger partial charge in [0.2, 0.25) is 0 Å². The summed E-state index contributed by atoms with van der Waals surface area (Å²) in [6, 6.07) is 10.9. The maximum absolute atomic E-state index is 10.1. The van der Waals surface area contributed by atoms with Crippen LogP contribution in [0.4, 0.5) is 0 Å². The van der Waals surface area contributed by atoms with E-state index in [4.69, 9.17) is 0 Å². The van der Waals surface area contributed by atoms with Crippen molar-refractivity contribution in [2.45, 2.75) is 103 Å². The van der Waals surface area contributed by atoms with Crippen molar-refractivity contribution in [1.82, 2.24) is 0 Å². The molecule has 1 saturated carbocycles. The molecule has 0 atom stereocenters. The first kappa shape index (κ1) is 26.7. The molecule has 0 spiro atoms. The van der Waals surface area contributed by atoms with Gasteiger partial charge in [-0.3, -0.25) is 0 Å². The molecule has 0 N–H and O–H groups in total. The number of carbonyl (C=O) groups is 1. The van der Waals surface area contributed by atoms with Gasteiger partial charge in [0.05, 0.1) is 20.6 Å². The number of rotatable bonds is 14. The molecule has 0 aliphatic heterocycles. The van der Waals surface area contributed by atoms with E-state index in [1.165, 1.54) is 76.3 Å². The van der Waals surface area contributed by atoms with Gasteiger partial charge in [-0.15, -0.1) is 0 Å². The zero-order valence-electron chi connectivity index (χ0n) is 20.0. The number of hydrogen-bond donors (Lipinski definition) is 0. The van der Waals surface area contributed by atoms with Crippen molar-refractivity contribution < 1.29 is 14.4 Å². The van der Waals surface area contributed by atoms with Crippen LogP contribution in [0.1, 0.15) is 102 Å². The second-order valence-corrected chi connectivity index (χ2v) is 9.79. The Labute approximate surface area is 186 Å². The first-order chi connectivity index (χ1) is 14.4. The molecule has 3 nitrogen and oxygen atoms in total. The van der Waals surface area contributed by atoms with Crippen LogP contribution in [0.3, 0.4) is 0 Å². The Bertz CT molecular complexity index is 535. The van der Waals surface area contributed by atoms with Crippen LogP contribution in [-0.2, 0) is 11.3 Å².